The molecule has 2 nitrogen and oxygen atoms in total. The lowest BCUT2D eigenvalue weighted by atomic mass is 9.96. The molecule has 0 spiro atoms. The van der Waals surface area contributed by atoms with Crippen LogP contribution in [0.1, 0.15) is 110 Å². The zero-order valence-electron chi connectivity index (χ0n) is 29.1. The average molecular weight is 603 g/mol. The van der Waals surface area contributed by atoms with Gasteiger partial charge in [0.1, 0.15) is 0 Å². The number of hydrogen-bond acceptors (Lipinski definition) is 1. The first kappa shape index (κ1) is 37.3. The fraction of sp³-hybridized carbons (Fsp3) is 0.372. The number of fused-ring (bicyclic) bond motifs is 1. The summed E-state index contributed by atoms with van der Waals surface area (Å²) in [7, 11) is 0. The number of hydrogen-bond donors (Lipinski definition) is 0. The van der Waals surface area contributed by atoms with E-state index < -0.39 is 0 Å². The molecule has 5 rings (SSSR count). The van der Waals surface area contributed by atoms with Crippen molar-refractivity contribution in [3.05, 3.63) is 133 Å². The fourth-order valence-electron chi connectivity index (χ4n) is 5.06. The van der Waals surface area contributed by atoms with Crippen molar-refractivity contribution in [2.24, 2.45) is 4.99 Å². The van der Waals surface area contributed by atoms with Gasteiger partial charge in [-0.15, -0.1) is 6.58 Å². The van der Waals surface area contributed by atoms with Crippen LogP contribution in [0.5, 0.6) is 0 Å². The molecule has 0 N–H and O–H groups in total. The Hall–Kier alpha value is -3.91. The largest absolute Gasteiger partial charge is 0.316 e. The second-order valence-corrected chi connectivity index (χ2v) is 11.7. The van der Waals surface area contributed by atoms with Gasteiger partial charge in [-0.2, -0.15) is 0 Å². The maximum atomic E-state index is 4.55. The molecule has 0 fully saturated rings. The summed E-state index contributed by atoms with van der Waals surface area (Å²) in [6.45, 7) is 20.6. The minimum atomic E-state index is 0.583. The van der Waals surface area contributed by atoms with Crippen molar-refractivity contribution >= 4 is 16.8 Å². The lowest BCUT2D eigenvalue weighted by molar-refractivity contribution is 0.581. The summed E-state index contributed by atoms with van der Waals surface area (Å²) in [5, 5.41) is 0. The summed E-state index contributed by atoms with van der Waals surface area (Å²) in [5.41, 5.74) is 9.62. The monoisotopic (exact) mass is 602 g/mol. The second kappa shape index (κ2) is 21.7. The number of aromatic nitrogens is 1. The van der Waals surface area contributed by atoms with E-state index in [-0.39, 0.29) is 0 Å². The molecule has 0 radical (unpaired) electrons. The Morgan fingerprint density at radius 2 is 1.51 bits per heavy atom. The van der Waals surface area contributed by atoms with Crippen LogP contribution >= 0.6 is 0 Å². The molecule has 45 heavy (non-hydrogen) atoms. The number of aliphatic imine (C=N–C) groups is 1. The van der Waals surface area contributed by atoms with E-state index in [1.54, 1.807) is 6.08 Å². The normalized spacial score (nSPS) is 13.3. The smallest absolute Gasteiger partial charge is 0.0607 e. The number of allylic oxidation sites excluding steroid dienone is 2. The van der Waals surface area contributed by atoms with Crippen LogP contribution in [0.15, 0.2) is 121 Å². The number of aryl methyl sites for hydroxylation is 1. The topological polar surface area (TPSA) is 16.8 Å². The molecule has 240 valence electrons. The van der Waals surface area contributed by atoms with E-state index in [9.17, 15) is 0 Å². The molecule has 1 atom stereocenters. The van der Waals surface area contributed by atoms with Crippen LogP contribution in [0.4, 0.5) is 0 Å². The fourth-order valence-corrected chi connectivity index (χ4v) is 5.06. The maximum absolute atomic E-state index is 4.55. The standard InChI is InChI=1S/C26H25N.C10H17N.C4H10.C3H6/c1-3-4-10-21-14-16-22(17-15-21)20(2)26-25(23-11-6-5-7-12-23)19-24-13-8-9-18-27(24)26;1-3-4-7-10-8-5-6-9(2)11-10;1-3-4-2;1-3-2/h5-9,11-19H,2-4,10H2,1H3;5-6,10H,3-4,7-8H2,1-2H3;3-4H2,1-2H3;3H,1H2,2H3. The third kappa shape index (κ3) is 12.5. The van der Waals surface area contributed by atoms with Crippen LogP contribution in [0, 0.1) is 0 Å². The van der Waals surface area contributed by atoms with Gasteiger partial charge in [0.15, 0.2) is 0 Å². The zero-order valence-corrected chi connectivity index (χ0v) is 29.1. The Labute approximate surface area is 275 Å². The molecular formula is C43H58N2. The number of unbranched alkanes of at least 4 members (excludes halogenated alkanes) is 3. The Balaban J connectivity index is 0.000000324. The predicted octanol–water partition coefficient (Wildman–Crippen LogP) is 13.0. The zero-order chi connectivity index (χ0) is 32.9. The Morgan fingerprint density at radius 1 is 0.867 bits per heavy atom. The second-order valence-electron chi connectivity index (χ2n) is 11.7. The van der Waals surface area contributed by atoms with E-state index in [0.717, 1.165) is 24.1 Å². The third-order valence-corrected chi connectivity index (χ3v) is 7.72. The van der Waals surface area contributed by atoms with Gasteiger partial charge in [0.05, 0.1) is 11.7 Å². The number of nitrogens with zero attached hydrogens (tertiary/aromatic N) is 2. The summed E-state index contributed by atoms with van der Waals surface area (Å²) in [4.78, 5) is 4.55. The highest BCUT2D eigenvalue weighted by Gasteiger charge is 2.16. The van der Waals surface area contributed by atoms with Gasteiger partial charge in [-0.3, -0.25) is 4.99 Å². The van der Waals surface area contributed by atoms with Crippen molar-refractivity contribution in [1.29, 1.82) is 0 Å². The summed E-state index contributed by atoms with van der Waals surface area (Å²) < 4.78 is 2.25. The van der Waals surface area contributed by atoms with E-state index in [2.05, 4.69) is 154 Å². The molecule has 2 aromatic carbocycles. The van der Waals surface area contributed by atoms with Gasteiger partial charge in [0.25, 0.3) is 0 Å². The number of rotatable bonds is 10. The summed E-state index contributed by atoms with van der Waals surface area (Å²) in [6.07, 6.45) is 19.5. The van der Waals surface area contributed by atoms with E-state index >= 15 is 0 Å². The summed E-state index contributed by atoms with van der Waals surface area (Å²) in [5.74, 6) is 0. The van der Waals surface area contributed by atoms with Gasteiger partial charge in [0.2, 0.25) is 0 Å². The van der Waals surface area contributed by atoms with Crippen LogP contribution in [0.25, 0.3) is 22.2 Å². The van der Waals surface area contributed by atoms with Gasteiger partial charge >= 0.3 is 0 Å². The first-order chi connectivity index (χ1) is 21.9. The molecule has 1 unspecified atom stereocenters. The molecule has 4 aromatic rings. The molecule has 1 aliphatic heterocycles. The van der Waals surface area contributed by atoms with Crippen LogP contribution < -0.4 is 0 Å². The maximum Gasteiger partial charge on any atom is 0.0607 e. The molecule has 0 saturated carbocycles. The van der Waals surface area contributed by atoms with Crippen molar-refractivity contribution in [2.45, 2.75) is 105 Å². The SMILES string of the molecule is C=C(c1ccc(CCCC)cc1)c1c(-c2ccccc2)cc2ccccn12.C=CC.CCCC.CCCCC1CC=CC(C)=N1. The van der Waals surface area contributed by atoms with E-state index in [1.807, 2.05) is 6.92 Å². The van der Waals surface area contributed by atoms with Crippen molar-refractivity contribution in [2.75, 3.05) is 0 Å². The number of pyridine rings is 1. The minimum Gasteiger partial charge on any atom is -0.316 e. The van der Waals surface area contributed by atoms with Gasteiger partial charge < -0.3 is 4.40 Å². The van der Waals surface area contributed by atoms with Gasteiger partial charge in [0, 0.05) is 23.0 Å². The van der Waals surface area contributed by atoms with Gasteiger partial charge in [-0.1, -0.05) is 139 Å². The average Bonchev–Trinajstić information content (AvgIpc) is 3.47. The van der Waals surface area contributed by atoms with Crippen LogP contribution in [0.3, 0.4) is 0 Å². The lowest BCUT2D eigenvalue weighted by Gasteiger charge is -2.13. The molecule has 2 heteroatoms. The van der Waals surface area contributed by atoms with E-state index in [0.29, 0.717) is 6.04 Å². The van der Waals surface area contributed by atoms with Crippen LogP contribution in [0.2, 0.25) is 0 Å². The number of dihydropyridines is 1. The molecule has 0 bridgehead atoms. The quantitative estimate of drug-likeness (QED) is 0.161. The highest BCUT2D eigenvalue weighted by molar-refractivity contribution is 5.93. The van der Waals surface area contributed by atoms with Crippen molar-refractivity contribution in [3.8, 4) is 11.1 Å². The van der Waals surface area contributed by atoms with E-state index in [4.69, 9.17) is 0 Å². The molecule has 0 amide bonds. The molecule has 1 aliphatic rings. The van der Waals surface area contributed by atoms with Gasteiger partial charge in [-0.05, 0) is 86.1 Å². The van der Waals surface area contributed by atoms with Crippen molar-refractivity contribution in [3.63, 3.8) is 0 Å². The first-order valence-corrected chi connectivity index (χ1v) is 17.2. The van der Waals surface area contributed by atoms with Gasteiger partial charge in [-0.25, -0.2) is 0 Å². The van der Waals surface area contributed by atoms with E-state index in [1.165, 1.54) is 78.4 Å². The summed E-state index contributed by atoms with van der Waals surface area (Å²) in [6, 6.07) is 28.6. The first-order valence-electron chi connectivity index (χ1n) is 17.2. The van der Waals surface area contributed by atoms with Crippen LogP contribution in [-0.4, -0.2) is 16.2 Å². The Morgan fingerprint density at radius 3 is 2.11 bits per heavy atom. The highest BCUT2D eigenvalue weighted by atomic mass is 14.9. The minimum absolute atomic E-state index is 0.583. The molecular weight excluding hydrogens is 544 g/mol. The Bertz CT molecular complexity index is 1450. The third-order valence-electron chi connectivity index (χ3n) is 7.72. The van der Waals surface area contributed by atoms with Crippen molar-refractivity contribution < 1.29 is 0 Å². The summed E-state index contributed by atoms with van der Waals surface area (Å²) >= 11 is 0. The lowest BCUT2D eigenvalue weighted by Crippen LogP contribution is -2.09. The number of benzene rings is 2. The molecule has 3 heterocycles. The molecule has 0 aliphatic carbocycles. The highest BCUT2D eigenvalue weighted by Crippen LogP contribution is 2.34. The van der Waals surface area contributed by atoms with Crippen molar-refractivity contribution in [1.82, 2.24) is 4.40 Å². The molecule has 0 saturated heterocycles. The predicted molar refractivity (Wildman–Crippen MR) is 203 cm³/mol. The van der Waals surface area contributed by atoms with Crippen LogP contribution in [-0.2, 0) is 6.42 Å². The molecule has 2 aromatic heterocycles. The Kier molecular flexibility index (Phi) is 18.0.